The van der Waals surface area contributed by atoms with Gasteiger partial charge in [0.15, 0.2) is 0 Å². The van der Waals surface area contributed by atoms with E-state index in [1.165, 1.54) is 12.8 Å². The van der Waals surface area contributed by atoms with Gasteiger partial charge in [0.05, 0.1) is 5.92 Å². The second-order valence-electron chi connectivity index (χ2n) is 5.78. The second kappa shape index (κ2) is 4.89. The molecule has 1 N–H and O–H groups in total. The first-order valence-corrected chi connectivity index (χ1v) is 6.86. The molecular formula is C14H19N3O2. The molecule has 1 aliphatic heterocycles. The van der Waals surface area contributed by atoms with Crippen LogP contribution in [-0.4, -0.2) is 39.0 Å². The zero-order valence-electron chi connectivity index (χ0n) is 11.1. The second-order valence-corrected chi connectivity index (χ2v) is 5.78. The van der Waals surface area contributed by atoms with Crippen molar-refractivity contribution in [3.63, 3.8) is 0 Å². The number of carboxylic acid groups (broad SMARTS) is 1. The Morgan fingerprint density at radius 3 is 2.63 bits per heavy atom. The Labute approximate surface area is 112 Å². The number of carboxylic acids is 1. The van der Waals surface area contributed by atoms with E-state index < -0.39 is 5.97 Å². The van der Waals surface area contributed by atoms with Gasteiger partial charge >= 0.3 is 5.97 Å². The third-order valence-electron chi connectivity index (χ3n) is 4.23. The van der Waals surface area contributed by atoms with Gasteiger partial charge in [0.1, 0.15) is 5.82 Å². The highest BCUT2D eigenvalue weighted by atomic mass is 16.4. The molecule has 0 aromatic carbocycles. The highest BCUT2D eigenvalue weighted by molar-refractivity contribution is 5.71. The Kier molecular flexibility index (Phi) is 3.22. The maximum Gasteiger partial charge on any atom is 0.308 e. The highest BCUT2D eigenvalue weighted by Crippen LogP contribution is 2.44. The molecule has 3 rings (SSSR count). The van der Waals surface area contributed by atoms with Crippen LogP contribution >= 0.6 is 0 Å². The maximum atomic E-state index is 11.3. The summed E-state index contributed by atoms with van der Waals surface area (Å²) in [6.45, 7) is 4.18. The highest BCUT2D eigenvalue weighted by Gasteiger charge is 2.45. The molecule has 2 atom stereocenters. The van der Waals surface area contributed by atoms with Crippen molar-refractivity contribution in [2.75, 3.05) is 13.1 Å². The molecule has 1 saturated carbocycles. The van der Waals surface area contributed by atoms with Gasteiger partial charge in [-0.05, 0) is 31.6 Å². The Morgan fingerprint density at radius 2 is 2.05 bits per heavy atom. The van der Waals surface area contributed by atoms with Crippen molar-refractivity contribution in [1.29, 1.82) is 0 Å². The van der Waals surface area contributed by atoms with E-state index in [1.807, 2.05) is 19.3 Å². The lowest BCUT2D eigenvalue weighted by Gasteiger charge is -2.15. The van der Waals surface area contributed by atoms with E-state index in [9.17, 15) is 9.90 Å². The van der Waals surface area contributed by atoms with Crippen LogP contribution in [0.2, 0.25) is 0 Å². The van der Waals surface area contributed by atoms with Crippen LogP contribution in [0.3, 0.4) is 0 Å². The molecule has 5 nitrogen and oxygen atoms in total. The van der Waals surface area contributed by atoms with Crippen LogP contribution in [0.15, 0.2) is 12.4 Å². The van der Waals surface area contributed by atoms with Gasteiger partial charge in [0, 0.05) is 37.6 Å². The minimum absolute atomic E-state index is 0.195. The number of hydrogen-bond acceptors (Lipinski definition) is 4. The zero-order chi connectivity index (χ0) is 13.4. The topological polar surface area (TPSA) is 66.3 Å². The number of carbonyl (C=O) groups is 1. The van der Waals surface area contributed by atoms with Crippen LogP contribution in [0.4, 0.5) is 0 Å². The summed E-state index contributed by atoms with van der Waals surface area (Å²) in [5.41, 5.74) is 1.06. The van der Waals surface area contributed by atoms with E-state index in [-0.39, 0.29) is 5.92 Å². The summed E-state index contributed by atoms with van der Waals surface area (Å²) in [6, 6.07) is 0. The van der Waals surface area contributed by atoms with Gasteiger partial charge in [-0.2, -0.15) is 0 Å². The molecule has 5 heteroatoms. The summed E-state index contributed by atoms with van der Waals surface area (Å²) in [4.78, 5) is 21.9. The Balaban J connectivity index is 1.66. The number of aliphatic carboxylic acids is 1. The standard InChI is InChI=1S/C14H19N3O2/c1-9-15-4-10(5-16-9)6-17-7-12(11-2-3-11)13(8-17)14(18)19/h4-5,11-13H,2-3,6-8H2,1H3,(H,18,19)/t12-,13+/m0/s1. The Bertz CT molecular complexity index is 470. The summed E-state index contributed by atoms with van der Waals surface area (Å²) in [6.07, 6.45) is 6.08. The number of hydrogen-bond donors (Lipinski definition) is 1. The molecule has 0 radical (unpaired) electrons. The van der Waals surface area contributed by atoms with Crippen LogP contribution in [0.1, 0.15) is 24.2 Å². The molecule has 0 amide bonds. The van der Waals surface area contributed by atoms with Crippen molar-refractivity contribution in [1.82, 2.24) is 14.9 Å². The van der Waals surface area contributed by atoms with Crippen LogP contribution < -0.4 is 0 Å². The molecule has 2 fully saturated rings. The van der Waals surface area contributed by atoms with Crippen LogP contribution in [0, 0.1) is 24.7 Å². The minimum atomic E-state index is -0.639. The summed E-state index contributed by atoms with van der Waals surface area (Å²) in [5, 5.41) is 9.33. The maximum absolute atomic E-state index is 11.3. The minimum Gasteiger partial charge on any atom is -0.481 e. The van der Waals surface area contributed by atoms with Gasteiger partial charge in [-0.1, -0.05) is 0 Å². The molecule has 2 aliphatic rings. The quantitative estimate of drug-likeness (QED) is 0.885. The van der Waals surface area contributed by atoms with Gasteiger partial charge in [-0.3, -0.25) is 9.69 Å². The van der Waals surface area contributed by atoms with Crippen LogP contribution in [0.5, 0.6) is 0 Å². The van der Waals surface area contributed by atoms with Gasteiger partial charge in [-0.15, -0.1) is 0 Å². The lowest BCUT2D eigenvalue weighted by atomic mass is 9.92. The Hall–Kier alpha value is -1.49. The Morgan fingerprint density at radius 1 is 1.37 bits per heavy atom. The van der Waals surface area contributed by atoms with Gasteiger partial charge < -0.3 is 5.11 Å². The molecule has 1 aliphatic carbocycles. The number of aryl methyl sites for hydroxylation is 1. The fourth-order valence-electron chi connectivity index (χ4n) is 3.06. The molecule has 1 aromatic rings. The van der Waals surface area contributed by atoms with Crippen molar-refractivity contribution in [3.05, 3.63) is 23.8 Å². The van der Waals surface area contributed by atoms with Crippen molar-refractivity contribution in [2.24, 2.45) is 17.8 Å². The molecule has 19 heavy (non-hydrogen) atoms. The number of nitrogens with zero attached hydrogens (tertiary/aromatic N) is 3. The zero-order valence-corrected chi connectivity index (χ0v) is 11.1. The van der Waals surface area contributed by atoms with Crippen molar-refractivity contribution >= 4 is 5.97 Å². The first kappa shape index (κ1) is 12.5. The summed E-state index contributed by atoms with van der Waals surface area (Å²) in [5.74, 6) is 0.909. The van der Waals surface area contributed by atoms with Gasteiger partial charge in [-0.25, -0.2) is 9.97 Å². The predicted octanol–water partition coefficient (Wildman–Crippen LogP) is 1.33. The average Bonchev–Trinajstić information content (AvgIpc) is 3.13. The smallest absolute Gasteiger partial charge is 0.308 e. The first-order chi connectivity index (χ1) is 9.13. The summed E-state index contributed by atoms with van der Waals surface area (Å²) >= 11 is 0. The fraction of sp³-hybridized carbons (Fsp3) is 0.643. The number of aromatic nitrogens is 2. The molecule has 102 valence electrons. The van der Waals surface area contributed by atoms with E-state index in [0.717, 1.165) is 24.5 Å². The number of rotatable bonds is 4. The normalized spacial score (nSPS) is 27.6. The van der Waals surface area contributed by atoms with Crippen LogP contribution in [0.25, 0.3) is 0 Å². The van der Waals surface area contributed by atoms with Gasteiger partial charge in [0.2, 0.25) is 0 Å². The van der Waals surface area contributed by atoms with E-state index in [2.05, 4.69) is 14.9 Å². The monoisotopic (exact) mass is 261 g/mol. The van der Waals surface area contributed by atoms with Crippen molar-refractivity contribution < 1.29 is 9.90 Å². The average molecular weight is 261 g/mol. The SMILES string of the molecule is Cc1ncc(CN2C[C@@H](C(=O)O)[C@H](C3CC3)C2)cn1. The third-order valence-corrected chi connectivity index (χ3v) is 4.23. The summed E-state index contributed by atoms with van der Waals surface area (Å²) in [7, 11) is 0. The van der Waals surface area contributed by atoms with E-state index in [4.69, 9.17) is 0 Å². The summed E-state index contributed by atoms with van der Waals surface area (Å²) < 4.78 is 0. The fourth-order valence-corrected chi connectivity index (χ4v) is 3.06. The van der Waals surface area contributed by atoms with Crippen molar-refractivity contribution in [2.45, 2.75) is 26.3 Å². The van der Waals surface area contributed by atoms with E-state index >= 15 is 0 Å². The lowest BCUT2D eigenvalue weighted by Crippen LogP contribution is -2.24. The molecule has 1 aromatic heterocycles. The lowest BCUT2D eigenvalue weighted by molar-refractivity contribution is -0.142. The largest absolute Gasteiger partial charge is 0.481 e. The molecule has 0 bridgehead atoms. The molecule has 1 saturated heterocycles. The van der Waals surface area contributed by atoms with E-state index in [0.29, 0.717) is 18.4 Å². The third kappa shape index (κ3) is 2.76. The molecular weight excluding hydrogens is 242 g/mol. The molecule has 0 spiro atoms. The van der Waals surface area contributed by atoms with Crippen molar-refractivity contribution in [3.8, 4) is 0 Å². The first-order valence-electron chi connectivity index (χ1n) is 6.86. The molecule has 2 heterocycles. The molecule has 0 unspecified atom stereocenters. The van der Waals surface area contributed by atoms with E-state index in [1.54, 1.807) is 0 Å². The van der Waals surface area contributed by atoms with Gasteiger partial charge in [0.25, 0.3) is 0 Å². The number of likely N-dealkylation sites (tertiary alicyclic amines) is 1. The predicted molar refractivity (Wildman–Crippen MR) is 69.4 cm³/mol. The van der Waals surface area contributed by atoms with Crippen LogP contribution in [-0.2, 0) is 11.3 Å².